The molecule has 0 saturated heterocycles. The lowest BCUT2D eigenvalue weighted by Gasteiger charge is -2.13. The molecule has 1 heterocycles. The van der Waals surface area contributed by atoms with Gasteiger partial charge in [0.1, 0.15) is 5.75 Å². The highest BCUT2D eigenvalue weighted by Gasteiger charge is 2.16. The van der Waals surface area contributed by atoms with E-state index in [1.165, 1.54) is 42.1 Å². The van der Waals surface area contributed by atoms with Crippen molar-refractivity contribution in [1.29, 1.82) is 0 Å². The number of pyridine rings is 1. The van der Waals surface area contributed by atoms with Gasteiger partial charge in [-0.1, -0.05) is 24.3 Å². The number of nitrogens with zero attached hydrogens (tertiary/aromatic N) is 1. The van der Waals surface area contributed by atoms with Crippen molar-refractivity contribution in [2.45, 2.75) is 4.90 Å². The first-order valence-corrected chi connectivity index (χ1v) is 11.1. The number of carbonyl (C=O) groups excluding carboxylic acids is 1. The lowest BCUT2D eigenvalue weighted by atomic mass is 10.1. The molecule has 0 aliphatic heterocycles. The van der Waals surface area contributed by atoms with Crippen LogP contribution in [0.5, 0.6) is 5.75 Å². The fraction of sp³-hybridized carbons (Fsp3) is 0.0435. The first-order chi connectivity index (χ1) is 15.3. The van der Waals surface area contributed by atoms with Crippen molar-refractivity contribution in [3.05, 3.63) is 94.9 Å². The topological polar surface area (TPSA) is 120 Å². The van der Waals surface area contributed by atoms with E-state index in [0.717, 1.165) is 0 Å². The van der Waals surface area contributed by atoms with Crippen LogP contribution in [0.2, 0.25) is 0 Å². The first-order valence-electron chi connectivity index (χ1n) is 9.51. The quantitative estimate of drug-likeness (QED) is 0.485. The highest BCUT2D eigenvalue weighted by atomic mass is 32.2. The number of hydrogen-bond donors (Lipinski definition) is 2. The van der Waals surface area contributed by atoms with Crippen molar-refractivity contribution < 1.29 is 17.9 Å². The maximum Gasteiger partial charge on any atom is 0.262 e. The van der Waals surface area contributed by atoms with E-state index in [1.54, 1.807) is 48.5 Å². The molecule has 0 fully saturated rings. The van der Waals surface area contributed by atoms with Gasteiger partial charge in [-0.15, -0.1) is 0 Å². The van der Waals surface area contributed by atoms with E-state index in [9.17, 15) is 18.0 Å². The number of rotatable bonds is 5. The zero-order valence-electron chi connectivity index (χ0n) is 17.0. The molecule has 32 heavy (non-hydrogen) atoms. The number of amides is 1. The number of sulfonamides is 1. The van der Waals surface area contributed by atoms with Crippen molar-refractivity contribution in [3.63, 3.8) is 0 Å². The molecule has 4 aromatic rings. The summed E-state index contributed by atoms with van der Waals surface area (Å²) in [6.45, 7) is 0. The molecule has 3 N–H and O–H groups in total. The molecule has 1 amide bonds. The van der Waals surface area contributed by atoms with Crippen LogP contribution in [-0.4, -0.2) is 26.0 Å². The summed E-state index contributed by atoms with van der Waals surface area (Å²) >= 11 is 0. The Kier molecular flexibility index (Phi) is 5.52. The smallest absolute Gasteiger partial charge is 0.262 e. The third kappa shape index (κ3) is 4.11. The molecular weight excluding hydrogens is 430 g/mol. The number of carbonyl (C=O) groups is 1. The Labute approximate surface area is 183 Å². The number of fused-ring (bicyclic) bond motifs is 1. The van der Waals surface area contributed by atoms with Gasteiger partial charge in [-0.3, -0.25) is 14.2 Å². The summed E-state index contributed by atoms with van der Waals surface area (Å²) in [5.74, 6) is 0.115. The van der Waals surface area contributed by atoms with Gasteiger partial charge in [0.2, 0.25) is 10.0 Å². The summed E-state index contributed by atoms with van der Waals surface area (Å²) in [6, 6.07) is 19.3. The van der Waals surface area contributed by atoms with E-state index < -0.39 is 15.9 Å². The van der Waals surface area contributed by atoms with Crippen LogP contribution in [0.25, 0.3) is 16.5 Å². The van der Waals surface area contributed by atoms with E-state index in [4.69, 9.17) is 9.88 Å². The number of aromatic nitrogens is 1. The lowest BCUT2D eigenvalue weighted by molar-refractivity contribution is 0.102. The highest BCUT2D eigenvalue weighted by molar-refractivity contribution is 7.89. The standard InChI is InChI=1S/C23H19N3O5S/c1-31-17-6-4-5-16(13-17)26-14-21(19-7-2-3-8-20(19)23(26)28)22(27)25-15-9-11-18(12-10-15)32(24,29)30/h2-14H,1H3,(H,25,27)(H2,24,29,30). The number of benzene rings is 3. The Morgan fingerprint density at radius 2 is 1.66 bits per heavy atom. The Morgan fingerprint density at radius 3 is 2.31 bits per heavy atom. The van der Waals surface area contributed by atoms with Crippen LogP contribution in [0, 0.1) is 0 Å². The van der Waals surface area contributed by atoms with E-state index >= 15 is 0 Å². The Balaban J connectivity index is 1.80. The zero-order valence-corrected chi connectivity index (χ0v) is 17.8. The number of nitrogens with one attached hydrogen (secondary N) is 1. The number of methoxy groups -OCH3 is 1. The zero-order chi connectivity index (χ0) is 22.9. The monoisotopic (exact) mass is 449 g/mol. The third-order valence-corrected chi connectivity index (χ3v) is 5.87. The molecule has 3 aromatic carbocycles. The summed E-state index contributed by atoms with van der Waals surface area (Å²) in [5, 5.41) is 8.72. The Bertz CT molecular complexity index is 1490. The minimum Gasteiger partial charge on any atom is -0.497 e. The molecule has 0 radical (unpaired) electrons. The van der Waals surface area contributed by atoms with E-state index in [0.29, 0.717) is 27.9 Å². The predicted octanol–water partition coefficient (Wildman–Crippen LogP) is 2.90. The van der Waals surface area contributed by atoms with Crippen LogP contribution >= 0.6 is 0 Å². The molecule has 0 saturated carbocycles. The lowest BCUT2D eigenvalue weighted by Crippen LogP contribution is -2.22. The molecule has 8 nitrogen and oxygen atoms in total. The van der Waals surface area contributed by atoms with Crippen molar-refractivity contribution in [1.82, 2.24) is 4.57 Å². The number of primary sulfonamides is 1. The second-order valence-electron chi connectivity index (χ2n) is 6.99. The molecule has 1 aromatic heterocycles. The average Bonchev–Trinajstić information content (AvgIpc) is 2.79. The van der Waals surface area contributed by atoms with Crippen molar-refractivity contribution in [2.75, 3.05) is 12.4 Å². The molecule has 0 bridgehead atoms. The van der Waals surface area contributed by atoms with Gasteiger partial charge in [0.05, 0.1) is 23.3 Å². The van der Waals surface area contributed by atoms with Crippen LogP contribution in [0.1, 0.15) is 10.4 Å². The van der Waals surface area contributed by atoms with Crippen LogP contribution in [0.3, 0.4) is 0 Å². The van der Waals surface area contributed by atoms with Gasteiger partial charge in [-0.05, 0) is 42.5 Å². The van der Waals surface area contributed by atoms with Gasteiger partial charge in [0, 0.05) is 28.7 Å². The fourth-order valence-corrected chi connectivity index (χ4v) is 3.87. The summed E-state index contributed by atoms with van der Waals surface area (Å²) < 4.78 is 29.5. The molecular formula is C23H19N3O5S. The van der Waals surface area contributed by atoms with Crippen molar-refractivity contribution >= 4 is 32.4 Å². The van der Waals surface area contributed by atoms with Gasteiger partial charge in [-0.2, -0.15) is 0 Å². The fourth-order valence-electron chi connectivity index (χ4n) is 3.35. The molecule has 9 heteroatoms. The summed E-state index contributed by atoms with van der Waals surface area (Å²) in [6.07, 6.45) is 1.48. The average molecular weight is 449 g/mol. The van der Waals surface area contributed by atoms with E-state index in [1.807, 2.05) is 0 Å². The summed E-state index contributed by atoms with van der Waals surface area (Å²) in [7, 11) is -2.31. The highest BCUT2D eigenvalue weighted by Crippen LogP contribution is 2.22. The van der Waals surface area contributed by atoms with Gasteiger partial charge in [0.15, 0.2) is 0 Å². The summed E-state index contributed by atoms with van der Waals surface area (Å²) in [5.41, 5.74) is 0.929. The second kappa shape index (κ2) is 8.29. The molecule has 4 rings (SSSR count). The molecule has 0 aliphatic carbocycles. The molecule has 162 valence electrons. The van der Waals surface area contributed by atoms with Crippen LogP contribution in [-0.2, 0) is 10.0 Å². The maximum atomic E-state index is 13.1. The van der Waals surface area contributed by atoms with Crippen molar-refractivity contribution in [3.8, 4) is 11.4 Å². The number of anilines is 1. The van der Waals surface area contributed by atoms with Gasteiger partial charge < -0.3 is 10.1 Å². The SMILES string of the molecule is COc1cccc(-n2cc(C(=O)Nc3ccc(S(N)(=O)=O)cc3)c3ccccc3c2=O)c1. The number of hydrogen-bond acceptors (Lipinski definition) is 5. The van der Waals surface area contributed by atoms with E-state index in [-0.39, 0.29) is 16.0 Å². The molecule has 0 atom stereocenters. The van der Waals surface area contributed by atoms with E-state index in [2.05, 4.69) is 5.32 Å². The largest absolute Gasteiger partial charge is 0.497 e. The minimum absolute atomic E-state index is 0.0625. The number of ether oxygens (including phenoxy) is 1. The van der Waals surface area contributed by atoms with Crippen LogP contribution in [0.4, 0.5) is 5.69 Å². The first kappa shape index (κ1) is 21.3. The Hall–Kier alpha value is -3.95. The van der Waals surface area contributed by atoms with Gasteiger partial charge in [-0.25, -0.2) is 13.6 Å². The third-order valence-electron chi connectivity index (χ3n) is 4.94. The van der Waals surface area contributed by atoms with Crippen LogP contribution in [0.15, 0.2) is 88.7 Å². The number of nitrogens with two attached hydrogens (primary N) is 1. The normalized spacial score (nSPS) is 11.3. The second-order valence-corrected chi connectivity index (χ2v) is 8.55. The summed E-state index contributed by atoms with van der Waals surface area (Å²) in [4.78, 5) is 26.2. The Morgan fingerprint density at radius 1 is 0.969 bits per heavy atom. The predicted molar refractivity (Wildman–Crippen MR) is 122 cm³/mol. The molecule has 0 aliphatic rings. The molecule has 0 spiro atoms. The van der Waals surface area contributed by atoms with Gasteiger partial charge >= 0.3 is 0 Å². The van der Waals surface area contributed by atoms with Crippen LogP contribution < -0.4 is 20.8 Å². The van der Waals surface area contributed by atoms with Crippen molar-refractivity contribution in [2.24, 2.45) is 5.14 Å². The minimum atomic E-state index is -3.84. The molecule has 0 unspecified atom stereocenters. The maximum absolute atomic E-state index is 13.1. The van der Waals surface area contributed by atoms with Gasteiger partial charge in [0.25, 0.3) is 11.5 Å².